The number of ether oxygens (including phenoxy) is 2. The molecular weight excluding hydrogens is 362 g/mol. The van der Waals surface area contributed by atoms with E-state index >= 15 is 0 Å². The highest BCUT2D eigenvalue weighted by Crippen LogP contribution is 2.28. The summed E-state index contributed by atoms with van der Waals surface area (Å²) in [4.78, 5) is 16.2. The first-order valence-electron chi connectivity index (χ1n) is 7.87. The van der Waals surface area contributed by atoms with Crippen molar-refractivity contribution in [3.8, 4) is 11.6 Å². The minimum atomic E-state index is -2.54. The first-order valence-corrected chi connectivity index (χ1v) is 8.86. The van der Waals surface area contributed by atoms with Crippen molar-refractivity contribution >= 4 is 22.9 Å². The van der Waals surface area contributed by atoms with Gasteiger partial charge in [-0.3, -0.25) is 4.98 Å². The third kappa shape index (κ3) is 4.04. The number of methoxy groups -OCH3 is 1. The third-order valence-electron chi connectivity index (χ3n) is 3.76. The molecular formula is C17H18F2N4O2S. The van der Waals surface area contributed by atoms with E-state index < -0.39 is 13.0 Å². The lowest BCUT2D eigenvalue weighted by Crippen LogP contribution is -2.08. The second kappa shape index (κ2) is 7.86. The van der Waals surface area contributed by atoms with E-state index in [1.165, 1.54) is 11.8 Å². The van der Waals surface area contributed by atoms with E-state index in [4.69, 9.17) is 9.47 Å². The molecule has 3 aromatic rings. The zero-order valence-corrected chi connectivity index (χ0v) is 15.4. The smallest absolute Gasteiger partial charge is 0.272 e. The fraction of sp³-hybridized carbons (Fsp3) is 0.353. The van der Waals surface area contributed by atoms with Gasteiger partial charge in [0.2, 0.25) is 5.88 Å². The Hall–Kier alpha value is -2.42. The molecule has 6 nitrogen and oxygen atoms in total. The van der Waals surface area contributed by atoms with E-state index in [1.807, 2.05) is 13.0 Å². The number of alkyl halides is 2. The van der Waals surface area contributed by atoms with Crippen molar-refractivity contribution in [2.24, 2.45) is 0 Å². The predicted molar refractivity (Wildman–Crippen MR) is 95.2 cm³/mol. The molecule has 26 heavy (non-hydrogen) atoms. The van der Waals surface area contributed by atoms with E-state index in [-0.39, 0.29) is 5.88 Å². The number of aryl methyl sites for hydroxylation is 1. The summed E-state index contributed by atoms with van der Waals surface area (Å²) < 4.78 is 35.0. The monoisotopic (exact) mass is 380 g/mol. The highest BCUT2D eigenvalue weighted by molar-refractivity contribution is 7.98. The van der Waals surface area contributed by atoms with Gasteiger partial charge in [0.25, 0.3) is 6.43 Å². The number of nitrogens with zero attached hydrogens (tertiary/aromatic N) is 3. The summed E-state index contributed by atoms with van der Waals surface area (Å²) in [5.41, 5.74) is 3.70. The van der Waals surface area contributed by atoms with Crippen molar-refractivity contribution in [2.45, 2.75) is 31.2 Å². The number of aromatic nitrogens is 4. The lowest BCUT2D eigenvalue weighted by Gasteiger charge is -2.08. The van der Waals surface area contributed by atoms with Crippen molar-refractivity contribution in [1.82, 2.24) is 19.9 Å². The molecule has 0 saturated heterocycles. The van der Waals surface area contributed by atoms with Crippen LogP contribution in [0.4, 0.5) is 8.78 Å². The summed E-state index contributed by atoms with van der Waals surface area (Å²) in [5, 5.41) is 0.668. The van der Waals surface area contributed by atoms with Crippen molar-refractivity contribution < 1.29 is 18.3 Å². The average molecular weight is 380 g/mol. The number of rotatable bonds is 7. The number of pyridine rings is 2. The Balaban J connectivity index is 1.77. The Kier molecular flexibility index (Phi) is 5.55. The van der Waals surface area contributed by atoms with Gasteiger partial charge in [-0.15, -0.1) is 0 Å². The molecule has 3 aromatic heterocycles. The number of imidazole rings is 1. The largest absolute Gasteiger partial charge is 0.496 e. The Morgan fingerprint density at radius 2 is 2.08 bits per heavy atom. The molecule has 0 aliphatic heterocycles. The van der Waals surface area contributed by atoms with Gasteiger partial charge in [0.1, 0.15) is 11.3 Å². The first-order chi connectivity index (χ1) is 12.5. The number of hydrogen-bond donors (Lipinski definition) is 1. The fourth-order valence-electron chi connectivity index (χ4n) is 2.42. The number of fused-ring (bicyclic) bond motifs is 1. The third-order valence-corrected chi connectivity index (χ3v) is 4.65. The lowest BCUT2D eigenvalue weighted by atomic mass is 10.2. The van der Waals surface area contributed by atoms with Crippen LogP contribution in [0.15, 0.2) is 23.5 Å². The Labute approximate surface area is 153 Å². The molecule has 0 amide bonds. The van der Waals surface area contributed by atoms with Gasteiger partial charge in [-0.1, -0.05) is 11.8 Å². The van der Waals surface area contributed by atoms with E-state index in [1.54, 1.807) is 26.3 Å². The zero-order chi connectivity index (χ0) is 18.7. The standard InChI is InChI=1S/C17H18F2N4O2S/c1-9-6-11-15(22-16(9)25-7-14(18)19)23-17(21-11)26-8-12-10(2)13(24-3)4-5-20-12/h4-6,14H,7-8H2,1-3H3,(H,21,22,23). The van der Waals surface area contributed by atoms with Gasteiger partial charge in [0.05, 0.1) is 12.8 Å². The number of nitrogens with one attached hydrogen (secondary N) is 1. The van der Waals surface area contributed by atoms with E-state index in [0.717, 1.165) is 17.0 Å². The number of H-pyrrole nitrogens is 1. The van der Waals surface area contributed by atoms with Crippen LogP contribution >= 0.6 is 11.8 Å². The highest BCUT2D eigenvalue weighted by Gasteiger charge is 2.13. The van der Waals surface area contributed by atoms with E-state index in [2.05, 4.69) is 19.9 Å². The van der Waals surface area contributed by atoms with Gasteiger partial charge >= 0.3 is 0 Å². The second-order valence-corrected chi connectivity index (χ2v) is 6.56. The summed E-state index contributed by atoms with van der Waals surface area (Å²) in [6.07, 6.45) is -0.837. The quantitative estimate of drug-likeness (QED) is 0.627. The molecule has 0 bridgehead atoms. The minimum absolute atomic E-state index is 0.184. The van der Waals surface area contributed by atoms with Gasteiger partial charge < -0.3 is 14.5 Å². The molecule has 0 aromatic carbocycles. The molecule has 0 atom stereocenters. The lowest BCUT2D eigenvalue weighted by molar-refractivity contribution is 0.0794. The van der Waals surface area contributed by atoms with Crippen LogP contribution in [-0.2, 0) is 5.75 Å². The molecule has 0 unspecified atom stereocenters. The molecule has 138 valence electrons. The van der Waals surface area contributed by atoms with Crippen molar-refractivity contribution in [3.63, 3.8) is 0 Å². The van der Waals surface area contributed by atoms with E-state index in [9.17, 15) is 8.78 Å². The fourth-order valence-corrected chi connectivity index (χ4v) is 3.31. The molecule has 0 spiro atoms. The summed E-state index contributed by atoms with van der Waals surface area (Å²) in [5.74, 6) is 1.58. The summed E-state index contributed by atoms with van der Waals surface area (Å²) in [6.45, 7) is 3.02. The summed E-state index contributed by atoms with van der Waals surface area (Å²) >= 11 is 1.48. The Morgan fingerprint density at radius 1 is 1.27 bits per heavy atom. The normalized spacial score (nSPS) is 11.3. The summed E-state index contributed by atoms with van der Waals surface area (Å²) in [6, 6.07) is 3.58. The van der Waals surface area contributed by atoms with Crippen LogP contribution in [0, 0.1) is 13.8 Å². The maximum Gasteiger partial charge on any atom is 0.272 e. The van der Waals surface area contributed by atoms with Crippen LogP contribution in [0.5, 0.6) is 11.6 Å². The Bertz CT molecular complexity index is 917. The number of halogens is 2. The molecule has 0 saturated carbocycles. The van der Waals surface area contributed by atoms with Gasteiger partial charge in [-0.2, -0.15) is 4.98 Å². The zero-order valence-electron chi connectivity index (χ0n) is 14.5. The molecule has 0 radical (unpaired) electrons. The maximum absolute atomic E-state index is 12.3. The van der Waals surface area contributed by atoms with Crippen LogP contribution in [-0.4, -0.2) is 40.1 Å². The van der Waals surface area contributed by atoms with E-state index in [0.29, 0.717) is 27.6 Å². The van der Waals surface area contributed by atoms with Gasteiger partial charge in [-0.25, -0.2) is 13.8 Å². The highest BCUT2D eigenvalue weighted by atomic mass is 32.2. The first kappa shape index (κ1) is 18.4. The number of hydrogen-bond acceptors (Lipinski definition) is 6. The molecule has 0 aliphatic rings. The molecule has 3 rings (SSSR count). The maximum atomic E-state index is 12.3. The van der Waals surface area contributed by atoms with Crippen LogP contribution in [0.25, 0.3) is 11.2 Å². The number of aromatic amines is 1. The van der Waals surface area contributed by atoms with Crippen LogP contribution < -0.4 is 9.47 Å². The van der Waals surface area contributed by atoms with Gasteiger partial charge in [-0.05, 0) is 26.0 Å². The summed E-state index contributed by atoms with van der Waals surface area (Å²) in [7, 11) is 1.63. The van der Waals surface area contributed by atoms with Crippen LogP contribution in [0.1, 0.15) is 16.8 Å². The molecule has 9 heteroatoms. The SMILES string of the molecule is COc1ccnc(CSc2nc3cc(C)c(OCC(F)F)nc3[nH]2)c1C. The van der Waals surface area contributed by atoms with Crippen molar-refractivity contribution in [2.75, 3.05) is 13.7 Å². The minimum Gasteiger partial charge on any atom is -0.496 e. The molecule has 1 N–H and O–H groups in total. The van der Waals surface area contributed by atoms with Crippen LogP contribution in [0.2, 0.25) is 0 Å². The van der Waals surface area contributed by atoms with Crippen LogP contribution in [0.3, 0.4) is 0 Å². The van der Waals surface area contributed by atoms with Gasteiger partial charge in [0, 0.05) is 23.1 Å². The second-order valence-electron chi connectivity index (χ2n) is 5.60. The van der Waals surface area contributed by atoms with Crippen molar-refractivity contribution in [1.29, 1.82) is 0 Å². The topological polar surface area (TPSA) is 72.9 Å². The Morgan fingerprint density at radius 3 is 2.81 bits per heavy atom. The average Bonchev–Trinajstić information content (AvgIpc) is 3.00. The van der Waals surface area contributed by atoms with Crippen molar-refractivity contribution in [3.05, 3.63) is 35.2 Å². The molecule has 0 aliphatic carbocycles. The van der Waals surface area contributed by atoms with Gasteiger partial charge in [0.15, 0.2) is 17.4 Å². The molecule has 3 heterocycles. The number of thioether (sulfide) groups is 1. The predicted octanol–water partition coefficient (Wildman–Crippen LogP) is 3.91. The molecule has 0 fully saturated rings.